The number of amides is 1. The van der Waals surface area contributed by atoms with Crippen molar-refractivity contribution >= 4 is 34.3 Å². The van der Waals surface area contributed by atoms with E-state index in [4.69, 9.17) is 0 Å². The van der Waals surface area contributed by atoms with Crippen LogP contribution in [0.2, 0.25) is 0 Å². The van der Waals surface area contributed by atoms with Crippen molar-refractivity contribution in [1.82, 2.24) is 4.72 Å². The third kappa shape index (κ3) is 5.37. The molecule has 4 heteroatoms. The molecule has 0 spiro atoms. The van der Waals surface area contributed by atoms with Gasteiger partial charge < -0.3 is 5.32 Å². The van der Waals surface area contributed by atoms with E-state index >= 15 is 0 Å². The van der Waals surface area contributed by atoms with Gasteiger partial charge in [0.1, 0.15) is 0 Å². The summed E-state index contributed by atoms with van der Waals surface area (Å²) in [6.45, 7) is 8.52. The van der Waals surface area contributed by atoms with Gasteiger partial charge in [0.2, 0.25) is 5.91 Å². The van der Waals surface area contributed by atoms with E-state index in [1.807, 2.05) is 30.3 Å². The second-order valence-electron chi connectivity index (χ2n) is 8.09. The zero-order valence-electron chi connectivity index (χ0n) is 17.0. The van der Waals surface area contributed by atoms with Gasteiger partial charge in [-0.25, -0.2) is 0 Å². The smallest absolute Gasteiger partial charge is 0.224 e. The molecule has 3 rings (SSSR count). The van der Waals surface area contributed by atoms with Crippen molar-refractivity contribution in [2.45, 2.75) is 51.0 Å². The van der Waals surface area contributed by atoms with Crippen LogP contribution in [0.5, 0.6) is 0 Å². The summed E-state index contributed by atoms with van der Waals surface area (Å²) < 4.78 is 3.46. The zero-order chi connectivity index (χ0) is 20.1. The Morgan fingerprint density at radius 1 is 0.929 bits per heavy atom. The Hall–Kier alpha value is -2.30. The predicted octanol–water partition coefficient (Wildman–Crippen LogP) is 6.11. The van der Waals surface area contributed by atoms with Gasteiger partial charge in [0.15, 0.2) is 0 Å². The molecule has 0 aromatic heterocycles. The van der Waals surface area contributed by atoms with Crippen molar-refractivity contribution < 1.29 is 4.79 Å². The van der Waals surface area contributed by atoms with Crippen LogP contribution in [0.25, 0.3) is 10.8 Å². The fourth-order valence-corrected chi connectivity index (χ4v) is 3.89. The lowest BCUT2D eigenvalue weighted by Gasteiger charge is -2.20. The van der Waals surface area contributed by atoms with Crippen LogP contribution in [0.15, 0.2) is 65.6 Å². The number of hydrogen-bond donors (Lipinski definition) is 2. The number of aryl methyl sites for hydroxylation is 2. The summed E-state index contributed by atoms with van der Waals surface area (Å²) in [6.07, 6.45) is 1.22. The summed E-state index contributed by atoms with van der Waals surface area (Å²) >= 11 is 1.63. The number of carbonyl (C=O) groups is 1. The summed E-state index contributed by atoms with van der Waals surface area (Å²) in [5.41, 5.74) is 3.34. The van der Waals surface area contributed by atoms with Crippen LogP contribution < -0.4 is 10.0 Å². The third-order valence-electron chi connectivity index (χ3n) is 4.51. The first-order valence-electron chi connectivity index (χ1n) is 9.63. The molecular weight excluding hydrogens is 364 g/mol. The maximum Gasteiger partial charge on any atom is 0.224 e. The minimum Gasteiger partial charge on any atom is -0.326 e. The van der Waals surface area contributed by atoms with E-state index < -0.39 is 0 Å². The molecule has 0 heterocycles. The van der Waals surface area contributed by atoms with Gasteiger partial charge in [-0.1, -0.05) is 48.5 Å². The average Bonchev–Trinajstić information content (AvgIpc) is 2.65. The SMILES string of the molecule is Cc1ccccc1CCC(=O)Nc1cccc2c(SNC(C)(C)C)cccc12. The number of rotatable bonds is 6. The Kier molecular flexibility index (Phi) is 6.42. The molecule has 2 N–H and O–H groups in total. The second-order valence-corrected chi connectivity index (χ2v) is 8.93. The van der Waals surface area contributed by atoms with Crippen LogP contribution in [-0.4, -0.2) is 11.4 Å². The molecule has 3 nitrogen and oxygen atoms in total. The Bertz CT molecular complexity index is 976. The van der Waals surface area contributed by atoms with Crippen molar-refractivity contribution in [3.05, 3.63) is 71.8 Å². The molecule has 0 aliphatic rings. The lowest BCUT2D eigenvalue weighted by molar-refractivity contribution is -0.116. The quantitative estimate of drug-likeness (QED) is 0.497. The monoisotopic (exact) mass is 392 g/mol. The van der Waals surface area contributed by atoms with Crippen molar-refractivity contribution in [2.24, 2.45) is 0 Å². The van der Waals surface area contributed by atoms with Crippen LogP contribution in [0, 0.1) is 6.92 Å². The van der Waals surface area contributed by atoms with Crippen LogP contribution in [0.4, 0.5) is 5.69 Å². The third-order valence-corrected chi connectivity index (χ3v) is 5.80. The molecule has 0 aliphatic carbocycles. The minimum atomic E-state index is 0.0221. The molecule has 28 heavy (non-hydrogen) atoms. The Morgan fingerprint density at radius 3 is 2.39 bits per heavy atom. The van der Waals surface area contributed by atoms with Gasteiger partial charge in [-0.05, 0) is 74.7 Å². The van der Waals surface area contributed by atoms with E-state index in [1.54, 1.807) is 11.9 Å². The lowest BCUT2D eigenvalue weighted by Crippen LogP contribution is -2.29. The standard InChI is InChI=1S/C24H28N2OS/c1-17-9-5-6-10-18(17)15-16-23(27)25-21-13-7-12-20-19(21)11-8-14-22(20)28-26-24(2,3)4/h5-14,26H,15-16H2,1-4H3,(H,25,27). The fraction of sp³-hybridized carbons (Fsp3) is 0.292. The first-order valence-corrected chi connectivity index (χ1v) is 10.5. The molecule has 0 aliphatic heterocycles. The first-order chi connectivity index (χ1) is 13.3. The highest BCUT2D eigenvalue weighted by Crippen LogP contribution is 2.31. The minimum absolute atomic E-state index is 0.0221. The molecule has 0 radical (unpaired) electrons. The number of hydrogen-bond acceptors (Lipinski definition) is 3. The van der Waals surface area contributed by atoms with Crippen molar-refractivity contribution in [3.63, 3.8) is 0 Å². The fourth-order valence-electron chi connectivity index (χ4n) is 3.04. The van der Waals surface area contributed by atoms with Gasteiger partial charge in [-0.15, -0.1) is 0 Å². The maximum atomic E-state index is 12.6. The largest absolute Gasteiger partial charge is 0.326 e. The molecule has 0 unspecified atom stereocenters. The van der Waals surface area contributed by atoms with Crippen LogP contribution in [-0.2, 0) is 11.2 Å². The van der Waals surface area contributed by atoms with E-state index in [-0.39, 0.29) is 11.4 Å². The van der Waals surface area contributed by atoms with Crippen molar-refractivity contribution in [1.29, 1.82) is 0 Å². The Balaban J connectivity index is 1.74. The molecule has 1 amide bonds. The van der Waals surface area contributed by atoms with Gasteiger partial charge >= 0.3 is 0 Å². The summed E-state index contributed by atoms with van der Waals surface area (Å²) in [7, 11) is 0. The maximum absolute atomic E-state index is 12.6. The van der Waals surface area contributed by atoms with E-state index in [0.717, 1.165) is 27.8 Å². The molecule has 0 fully saturated rings. The van der Waals surface area contributed by atoms with Crippen LogP contribution >= 0.6 is 11.9 Å². The van der Waals surface area contributed by atoms with Crippen molar-refractivity contribution in [2.75, 3.05) is 5.32 Å². The summed E-state index contributed by atoms with van der Waals surface area (Å²) in [5, 5.41) is 5.31. The molecule has 0 bridgehead atoms. The van der Waals surface area contributed by atoms with E-state index in [1.165, 1.54) is 11.1 Å². The van der Waals surface area contributed by atoms with Gasteiger partial charge in [0, 0.05) is 27.9 Å². The number of fused-ring (bicyclic) bond motifs is 1. The van der Waals surface area contributed by atoms with Crippen LogP contribution in [0.1, 0.15) is 38.3 Å². The highest BCUT2D eigenvalue weighted by Gasteiger charge is 2.12. The lowest BCUT2D eigenvalue weighted by atomic mass is 10.0. The van der Waals surface area contributed by atoms with E-state index in [2.05, 4.69) is 68.1 Å². The molecule has 0 atom stereocenters. The average molecular weight is 393 g/mol. The normalized spacial score (nSPS) is 11.6. The molecular formula is C24H28N2OS. The summed E-state index contributed by atoms with van der Waals surface area (Å²) in [5.74, 6) is 0.0432. The van der Waals surface area contributed by atoms with Crippen LogP contribution in [0.3, 0.4) is 0 Å². The number of benzene rings is 3. The molecule has 3 aromatic rings. The van der Waals surface area contributed by atoms with Gasteiger partial charge in [0.25, 0.3) is 0 Å². The molecule has 3 aromatic carbocycles. The molecule has 0 saturated heterocycles. The Morgan fingerprint density at radius 2 is 1.64 bits per heavy atom. The zero-order valence-corrected chi connectivity index (χ0v) is 17.8. The highest BCUT2D eigenvalue weighted by molar-refractivity contribution is 7.97. The molecule has 0 saturated carbocycles. The number of nitrogens with one attached hydrogen (secondary N) is 2. The second kappa shape index (κ2) is 8.80. The van der Waals surface area contributed by atoms with Gasteiger partial charge in [-0.2, -0.15) is 0 Å². The van der Waals surface area contributed by atoms with Gasteiger partial charge in [0.05, 0.1) is 0 Å². The Labute approximate surface area is 172 Å². The molecule has 146 valence electrons. The summed E-state index contributed by atoms with van der Waals surface area (Å²) in [6, 6.07) is 20.5. The highest BCUT2D eigenvalue weighted by atomic mass is 32.2. The first kappa shape index (κ1) is 20.4. The van der Waals surface area contributed by atoms with Gasteiger partial charge in [-0.3, -0.25) is 9.52 Å². The van der Waals surface area contributed by atoms with E-state index in [0.29, 0.717) is 6.42 Å². The summed E-state index contributed by atoms with van der Waals surface area (Å²) in [4.78, 5) is 13.7. The van der Waals surface area contributed by atoms with E-state index in [9.17, 15) is 4.79 Å². The topological polar surface area (TPSA) is 41.1 Å². The van der Waals surface area contributed by atoms with Crippen molar-refractivity contribution in [3.8, 4) is 0 Å². The number of anilines is 1. The predicted molar refractivity (Wildman–Crippen MR) is 121 cm³/mol. The number of carbonyl (C=O) groups excluding carboxylic acids is 1.